The van der Waals surface area contributed by atoms with Gasteiger partial charge >= 0.3 is 6.09 Å². The highest BCUT2D eigenvalue weighted by molar-refractivity contribution is 5.92. The van der Waals surface area contributed by atoms with Gasteiger partial charge in [0.05, 0.1) is 12.7 Å². The molecule has 0 aliphatic heterocycles. The van der Waals surface area contributed by atoms with E-state index in [1.165, 1.54) is 7.11 Å². The van der Waals surface area contributed by atoms with Crippen LogP contribution in [-0.2, 0) is 14.3 Å². The lowest BCUT2D eigenvalue weighted by Crippen LogP contribution is -2.27. The average Bonchev–Trinajstić information content (AvgIpc) is 2.38. The highest BCUT2D eigenvalue weighted by Crippen LogP contribution is 2.14. The smallest absolute Gasteiger partial charge is 0.411 e. The molecular weight excluding hydrogens is 260 g/mol. The zero-order valence-electron chi connectivity index (χ0n) is 12.1. The molecule has 0 radical (unpaired) electrons. The van der Waals surface area contributed by atoms with Gasteiger partial charge in [-0.1, -0.05) is 0 Å². The Bertz CT molecular complexity index is 463. The predicted octanol–water partition coefficient (Wildman–Crippen LogP) is 2.62. The first-order valence-electron chi connectivity index (χ1n) is 6.19. The summed E-state index contributed by atoms with van der Waals surface area (Å²) >= 11 is 0. The fraction of sp³-hybridized carbons (Fsp3) is 0.429. The van der Waals surface area contributed by atoms with E-state index in [0.29, 0.717) is 11.4 Å². The van der Waals surface area contributed by atoms with E-state index in [1.54, 1.807) is 24.3 Å². The molecule has 110 valence electrons. The number of anilines is 2. The summed E-state index contributed by atoms with van der Waals surface area (Å²) in [4.78, 5) is 22.6. The molecule has 0 saturated heterocycles. The summed E-state index contributed by atoms with van der Waals surface area (Å²) in [5.74, 6) is -0.228. The van der Waals surface area contributed by atoms with Crippen LogP contribution >= 0.6 is 0 Å². The first-order chi connectivity index (χ1) is 9.30. The molecule has 0 unspecified atom stereocenters. The monoisotopic (exact) mass is 280 g/mol. The van der Waals surface area contributed by atoms with E-state index in [2.05, 4.69) is 15.4 Å². The summed E-state index contributed by atoms with van der Waals surface area (Å²) in [5, 5.41) is 5.22. The van der Waals surface area contributed by atoms with Gasteiger partial charge < -0.3 is 14.8 Å². The largest absolute Gasteiger partial charge is 0.453 e. The molecule has 1 aromatic carbocycles. The second-order valence-electron chi connectivity index (χ2n) is 5.14. The maximum Gasteiger partial charge on any atom is 0.411 e. The minimum atomic E-state index is -0.541. The fourth-order valence-corrected chi connectivity index (χ4v) is 1.28. The van der Waals surface area contributed by atoms with E-state index in [9.17, 15) is 9.59 Å². The molecule has 20 heavy (non-hydrogen) atoms. The van der Waals surface area contributed by atoms with E-state index in [-0.39, 0.29) is 18.1 Å². The van der Waals surface area contributed by atoms with Gasteiger partial charge in [-0.25, -0.2) is 4.79 Å². The lowest BCUT2D eigenvalue weighted by Gasteiger charge is -2.19. The average molecular weight is 280 g/mol. The van der Waals surface area contributed by atoms with Crippen LogP contribution < -0.4 is 10.6 Å². The van der Waals surface area contributed by atoms with E-state index in [0.717, 1.165) is 0 Å². The fourth-order valence-electron chi connectivity index (χ4n) is 1.28. The molecule has 2 N–H and O–H groups in total. The van der Waals surface area contributed by atoms with Crippen molar-refractivity contribution in [2.24, 2.45) is 0 Å². The van der Waals surface area contributed by atoms with Crippen molar-refractivity contribution in [1.29, 1.82) is 0 Å². The first-order valence-corrected chi connectivity index (χ1v) is 6.19. The third kappa shape index (κ3) is 6.19. The van der Waals surface area contributed by atoms with Crippen molar-refractivity contribution in [3.05, 3.63) is 24.3 Å². The molecule has 0 atom stereocenters. The number of benzene rings is 1. The van der Waals surface area contributed by atoms with Gasteiger partial charge in [-0.15, -0.1) is 0 Å². The van der Waals surface area contributed by atoms with Crippen LogP contribution in [0, 0.1) is 0 Å². The lowest BCUT2D eigenvalue weighted by atomic mass is 10.2. The molecule has 0 saturated carbocycles. The van der Waals surface area contributed by atoms with Crippen molar-refractivity contribution in [3.8, 4) is 0 Å². The first kappa shape index (κ1) is 16.0. The molecule has 2 amide bonds. The Labute approximate surface area is 118 Å². The van der Waals surface area contributed by atoms with Crippen molar-refractivity contribution < 1.29 is 19.1 Å². The van der Waals surface area contributed by atoms with Crippen LogP contribution in [0.4, 0.5) is 16.2 Å². The van der Waals surface area contributed by atoms with E-state index in [1.807, 2.05) is 20.8 Å². The molecule has 0 bridgehead atoms. The Morgan fingerprint density at radius 2 is 1.55 bits per heavy atom. The lowest BCUT2D eigenvalue weighted by molar-refractivity contribution is -0.125. The van der Waals surface area contributed by atoms with Gasteiger partial charge in [-0.3, -0.25) is 10.1 Å². The summed E-state index contributed by atoms with van der Waals surface area (Å²) < 4.78 is 9.85. The van der Waals surface area contributed by atoms with Crippen LogP contribution in [0.25, 0.3) is 0 Å². The van der Waals surface area contributed by atoms with Crippen LogP contribution in [0.15, 0.2) is 24.3 Å². The van der Waals surface area contributed by atoms with Gasteiger partial charge in [-0.2, -0.15) is 0 Å². The topological polar surface area (TPSA) is 76.7 Å². The molecule has 0 aromatic heterocycles. The summed E-state index contributed by atoms with van der Waals surface area (Å²) in [6.07, 6.45) is -0.541. The van der Waals surface area contributed by atoms with Gasteiger partial charge in [-0.05, 0) is 45.0 Å². The standard InChI is InChI=1S/C14H20N2O4/c1-14(2,3)20-9-12(17)15-10-5-7-11(8-6-10)16-13(18)19-4/h5-8H,9H2,1-4H3,(H,15,17)(H,16,18). The number of amides is 2. The zero-order valence-corrected chi connectivity index (χ0v) is 12.1. The predicted molar refractivity (Wildman–Crippen MR) is 76.8 cm³/mol. The van der Waals surface area contributed by atoms with Crippen molar-refractivity contribution in [2.75, 3.05) is 24.4 Å². The van der Waals surface area contributed by atoms with Crippen LogP contribution in [0.3, 0.4) is 0 Å². The number of hydrogen-bond acceptors (Lipinski definition) is 4. The Morgan fingerprint density at radius 1 is 1.05 bits per heavy atom. The summed E-state index contributed by atoms with van der Waals surface area (Å²) in [6.45, 7) is 5.64. The van der Waals surface area contributed by atoms with E-state index < -0.39 is 6.09 Å². The minimum Gasteiger partial charge on any atom is -0.453 e. The quantitative estimate of drug-likeness (QED) is 0.888. The van der Waals surface area contributed by atoms with Crippen LogP contribution in [0.1, 0.15) is 20.8 Å². The summed E-state index contributed by atoms with van der Waals surface area (Å²) in [6, 6.07) is 6.69. The number of nitrogens with one attached hydrogen (secondary N) is 2. The Balaban J connectivity index is 2.49. The van der Waals surface area contributed by atoms with Gasteiger partial charge in [0.15, 0.2) is 0 Å². The Morgan fingerprint density at radius 3 is 2.00 bits per heavy atom. The van der Waals surface area contributed by atoms with Crippen LogP contribution in [0.5, 0.6) is 0 Å². The molecule has 0 aliphatic carbocycles. The SMILES string of the molecule is COC(=O)Nc1ccc(NC(=O)COC(C)(C)C)cc1. The van der Waals surface area contributed by atoms with Crippen molar-refractivity contribution in [2.45, 2.75) is 26.4 Å². The second-order valence-corrected chi connectivity index (χ2v) is 5.14. The maximum absolute atomic E-state index is 11.6. The van der Waals surface area contributed by atoms with Crippen LogP contribution in [0.2, 0.25) is 0 Å². The molecule has 6 heteroatoms. The molecule has 0 heterocycles. The minimum absolute atomic E-state index is 0.00827. The third-order valence-electron chi connectivity index (χ3n) is 2.24. The van der Waals surface area contributed by atoms with E-state index >= 15 is 0 Å². The van der Waals surface area contributed by atoms with Gasteiger partial charge in [0.1, 0.15) is 6.61 Å². The molecule has 1 rings (SSSR count). The van der Waals surface area contributed by atoms with Crippen molar-refractivity contribution >= 4 is 23.4 Å². The number of methoxy groups -OCH3 is 1. The molecule has 0 spiro atoms. The molecule has 6 nitrogen and oxygen atoms in total. The van der Waals surface area contributed by atoms with Crippen molar-refractivity contribution in [1.82, 2.24) is 0 Å². The number of hydrogen-bond donors (Lipinski definition) is 2. The number of rotatable bonds is 4. The van der Waals surface area contributed by atoms with Gasteiger partial charge in [0, 0.05) is 11.4 Å². The van der Waals surface area contributed by atoms with Gasteiger partial charge in [0.2, 0.25) is 5.91 Å². The van der Waals surface area contributed by atoms with Crippen molar-refractivity contribution in [3.63, 3.8) is 0 Å². The van der Waals surface area contributed by atoms with Crippen LogP contribution in [-0.4, -0.2) is 31.3 Å². The molecule has 0 fully saturated rings. The summed E-state index contributed by atoms with van der Waals surface area (Å²) in [5.41, 5.74) is 0.856. The zero-order chi connectivity index (χ0) is 15.2. The molecular formula is C14H20N2O4. The second kappa shape index (κ2) is 6.91. The number of carbonyl (C=O) groups excluding carboxylic acids is 2. The highest BCUT2D eigenvalue weighted by atomic mass is 16.5. The number of carbonyl (C=O) groups is 2. The maximum atomic E-state index is 11.6. The highest BCUT2D eigenvalue weighted by Gasteiger charge is 2.12. The molecule has 1 aromatic rings. The number of ether oxygens (including phenoxy) is 2. The Hall–Kier alpha value is -2.08. The van der Waals surface area contributed by atoms with E-state index in [4.69, 9.17) is 4.74 Å². The Kier molecular flexibility index (Phi) is 5.52. The normalized spacial score (nSPS) is 10.8. The summed E-state index contributed by atoms with van der Waals surface area (Å²) in [7, 11) is 1.29. The van der Waals surface area contributed by atoms with Gasteiger partial charge in [0.25, 0.3) is 0 Å². The third-order valence-corrected chi connectivity index (χ3v) is 2.24. The molecule has 0 aliphatic rings.